The van der Waals surface area contributed by atoms with Gasteiger partial charge in [0.2, 0.25) is 0 Å². The Bertz CT molecular complexity index is 1920. The van der Waals surface area contributed by atoms with E-state index in [0.29, 0.717) is 51.2 Å². The third-order valence-corrected chi connectivity index (χ3v) is 9.70. The fourth-order valence-corrected chi connectivity index (χ4v) is 6.15. The molecule has 4 aromatic rings. The molecule has 0 bridgehead atoms. The van der Waals surface area contributed by atoms with Gasteiger partial charge in [-0.3, -0.25) is 18.7 Å². The summed E-state index contributed by atoms with van der Waals surface area (Å²) in [5.74, 6) is -0.369. The highest BCUT2D eigenvalue weighted by atomic mass is 79.9. The lowest BCUT2D eigenvalue weighted by Crippen LogP contribution is -2.41. The van der Waals surface area contributed by atoms with Crippen LogP contribution in [0.4, 0.5) is 4.39 Å². The molecule has 1 aromatic heterocycles. The Hall–Kier alpha value is -4.13. The van der Waals surface area contributed by atoms with Crippen LogP contribution in [0.1, 0.15) is 57.9 Å². The summed E-state index contributed by atoms with van der Waals surface area (Å²) in [6.07, 6.45) is 2.09. The van der Waals surface area contributed by atoms with Gasteiger partial charge in [0.25, 0.3) is 11.8 Å². The zero-order valence-electron chi connectivity index (χ0n) is 25.4. The number of halogens is 3. The van der Waals surface area contributed by atoms with Crippen LogP contribution in [-0.4, -0.2) is 57.8 Å². The van der Waals surface area contributed by atoms with Gasteiger partial charge in [0.05, 0.1) is 48.3 Å². The van der Waals surface area contributed by atoms with Gasteiger partial charge in [-0.15, -0.1) is 0 Å². The highest BCUT2D eigenvalue weighted by Gasteiger charge is 2.33. The predicted octanol–water partition coefficient (Wildman–Crippen LogP) is 5.66. The van der Waals surface area contributed by atoms with Crippen LogP contribution < -0.4 is 20.5 Å². The lowest BCUT2D eigenvalue weighted by molar-refractivity contribution is -0.0797. The molecule has 3 aromatic carbocycles. The van der Waals surface area contributed by atoms with Crippen molar-refractivity contribution in [1.29, 1.82) is 0 Å². The molecule has 2 fully saturated rings. The van der Waals surface area contributed by atoms with Crippen molar-refractivity contribution in [3.05, 3.63) is 109 Å². The summed E-state index contributed by atoms with van der Waals surface area (Å²) in [7, 11) is 0. The van der Waals surface area contributed by atoms with Crippen molar-refractivity contribution < 1.29 is 28.2 Å². The fourth-order valence-electron chi connectivity index (χ4n) is 5.72. The molecule has 2 amide bonds. The van der Waals surface area contributed by atoms with E-state index in [1.165, 1.54) is 15.2 Å². The number of carbonyl (C=O) groups is 2. The number of nitrogens with zero attached hydrogens (tertiary/aromatic N) is 3. The Kier molecular flexibility index (Phi) is 8.58. The molecule has 0 spiro atoms. The van der Waals surface area contributed by atoms with E-state index >= 15 is 4.39 Å². The van der Waals surface area contributed by atoms with Gasteiger partial charge in [-0.25, -0.2) is 9.18 Å². The average molecular weight is 726 g/mol. The molecule has 244 valence electrons. The molecule has 0 radical (unpaired) electrons. The first-order chi connectivity index (χ1) is 22.7. The van der Waals surface area contributed by atoms with Crippen molar-refractivity contribution in [2.45, 2.75) is 51.1 Å². The number of hydrogen-bond donors (Lipinski definition) is 1. The minimum Gasteiger partial charge on any atom is -0.490 e. The Labute approximate surface area is 283 Å². The third-order valence-electron chi connectivity index (χ3n) is 8.47. The average Bonchev–Trinajstić information content (AvgIpc) is 3.81. The van der Waals surface area contributed by atoms with Crippen LogP contribution in [0.3, 0.4) is 0 Å². The van der Waals surface area contributed by atoms with Gasteiger partial charge in [0.15, 0.2) is 0 Å². The summed E-state index contributed by atoms with van der Waals surface area (Å²) >= 11 is 9.61. The molecule has 1 aliphatic carbocycles. The van der Waals surface area contributed by atoms with Crippen LogP contribution in [-0.2, 0) is 17.8 Å². The van der Waals surface area contributed by atoms with Crippen LogP contribution in [0.15, 0.2) is 69.9 Å². The van der Waals surface area contributed by atoms with Gasteiger partial charge < -0.3 is 24.4 Å². The van der Waals surface area contributed by atoms with Crippen molar-refractivity contribution in [2.24, 2.45) is 0 Å². The topological polar surface area (TPSA) is 104 Å². The standard InChI is InChI=1S/C34H31BrClFN4O6/c1-19(26-10-9-24(15-29(26)37)47-25-17-45-18-25)38-32(42)31-30-16-39(33(43)20-2-11-27(35)28(36)14-20)12-13-40(30)34(44)41(31)21-3-5-22(6-4-21)46-23-7-8-23/h2-6,9-11,14-15,19,23,25H,7-8,12-13,16-18H2,1H3,(H,38,42). The highest BCUT2D eigenvalue weighted by Crippen LogP contribution is 2.30. The molecule has 47 heavy (non-hydrogen) atoms. The summed E-state index contributed by atoms with van der Waals surface area (Å²) < 4.78 is 35.5. The largest absolute Gasteiger partial charge is 0.490 e. The molecule has 1 saturated carbocycles. The number of fused-ring (bicyclic) bond motifs is 1. The molecule has 2 aliphatic heterocycles. The van der Waals surface area contributed by atoms with Gasteiger partial charge in [-0.05, 0) is 84.2 Å². The zero-order valence-corrected chi connectivity index (χ0v) is 27.7. The van der Waals surface area contributed by atoms with Crippen LogP contribution in [0.5, 0.6) is 11.5 Å². The first-order valence-electron chi connectivity index (χ1n) is 15.4. The summed E-state index contributed by atoms with van der Waals surface area (Å²) in [4.78, 5) is 43.2. The normalized spacial score (nSPS) is 16.6. The maximum atomic E-state index is 15.2. The molecule has 3 heterocycles. The second-order valence-corrected chi connectivity index (χ2v) is 13.1. The van der Waals surface area contributed by atoms with E-state index < -0.39 is 23.5 Å². The van der Waals surface area contributed by atoms with E-state index in [-0.39, 0.29) is 49.0 Å². The number of aromatic nitrogens is 2. The van der Waals surface area contributed by atoms with Gasteiger partial charge in [0, 0.05) is 34.8 Å². The summed E-state index contributed by atoms with van der Waals surface area (Å²) in [6, 6.07) is 15.7. The predicted molar refractivity (Wildman–Crippen MR) is 175 cm³/mol. The third kappa shape index (κ3) is 6.41. The molecular formula is C34H31BrClFN4O6. The highest BCUT2D eigenvalue weighted by molar-refractivity contribution is 9.10. The molecular weight excluding hydrogens is 695 g/mol. The van der Waals surface area contributed by atoms with Crippen molar-refractivity contribution >= 4 is 39.3 Å². The van der Waals surface area contributed by atoms with E-state index in [2.05, 4.69) is 21.2 Å². The van der Waals surface area contributed by atoms with Crippen LogP contribution in [0.25, 0.3) is 5.69 Å². The van der Waals surface area contributed by atoms with E-state index in [1.807, 2.05) is 0 Å². The number of benzene rings is 3. The number of nitrogens with one attached hydrogen (secondary N) is 1. The van der Waals surface area contributed by atoms with Crippen LogP contribution in [0, 0.1) is 5.82 Å². The smallest absolute Gasteiger partial charge is 0.333 e. The van der Waals surface area contributed by atoms with Gasteiger partial charge in [0.1, 0.15) is 29.1 Å². The number of ether oxygens (including phenoxy) is 3. The van der Waals surface area contributed by atoms with Crippen LogP contribution >= 0.6 is 27.5 Å². The number of hydrogen-bond acceptors (Lipinski definition) is 6. The Morgan fingerprint density at radius 1 is 1.00 bits per heavy atom. The first kappa shape index (κ1) is 31.5. The Morgan fingerprint density at radius 2 is 1.72 bits per heavy atom. The maximum absolute atomic E-state index is 15.2. The molecule has 1 N–H and O–H groups in total. The van der Waals surface area contributed by atoms with E-state index in [1.54, 1.807) is 66.4 Å². The lowest BCUT2D eigenvalue weighted by Gasteiger charge is -2.28. The van der Waals surface area contributed by atoms with E-state index in [4.69, 9.17) is 25.8 Å². The monoisotopic (exact) mass is 724 g/mol. The summed E-state index contributed by atoms with van der Waals surface area (Å²) in [6.45, 7) is 3.00. The van der Waals surface area contributed by atoms with Gasteiger partial charge in [-0.2, -0.15) is 0 Å². The van der Waals surface area contributed by atoms with E-state index in [9.17, 15) is 14.4 Å². The SMILES string of the molecule is CC(NC(=O)c1c2n(c(=O)n1-c1ccc(OC3CC3)cc1)CCN(C(=O)c1ccc(Br)c(Cl)c1)C2)c1ccc(OC2COC2)cc1F. The van der Waals surface area contributed by atoms with Crippen molar-refractivity contribution in [3.8, 4) is 17.2 Å². The summed E-state index contributed by atoms with van der Waals surface area (Å²) in [5.41, 5.74) is 1.11. The minimum absolute atomic E-state index is 0.0000428. The molecule has 3 aliphatic rings. The fraction of sp³-hybridized carbons (Fsp3) is 0.324. The molecule has 1 unspecified atom stereocenters. The van der Waals surface area contributed by atoms with Crippen molar-refractivity contribution in [2.75, 3.05) is 19.8 Å². The number of imidazole rings is 1. The van der Waals surface area contributed by atoms with Crippen LogP contribution in [0.2, 0.25) is 5.02 Å². The van der Waals surface area contributed by atoms with E-state index in [0.717, 1.165) is 12.8 Å². The zero-order chi connectivity index (χ0) is 32.8. The van der Waals surface area contributed by atoms with Crippen molar-refractivity contribution in [3.63, 3.8) is 0 Å². The Morgan fingerprint density at radius 3 is 2.38 bits per heavy atom. The molecule has 1 saturated heterocycles. The Balaban J connectivity index is 1.21. The number of rotatable bonds is 9. The van der Waals surface area contributed by atoms with Gasteiger partial charge >= 0.3 is 5.69 Å². The minimum atomic E-state index is -0.761. The maximum Gasteiger partial charge on any atom is 0.333 e. The van der Waals surface area contributed by atoms with Gasteiger partial charge in [-0.1, -0.05) is 17.7 Å². The second-order valence-electron chi connectivity index (χ2n) is 11.9. The molecule has 13 heteroatoms. The number of amides is 2. The first-order valence-corrected chi connectivity index (χ1v) is 16.5. The molecule has 1 atom stereocenters. The molecule has 7 rings (SSSR count). The lowest BCUT2D eigenvalue weighted by atomic mass is 10.1. The molecule has 10 nitrogen and oxygen atoms in total. The second kappa shape index (κ2) is 12.8. The summed E-state index contributed by atoms with van der Waals surface area (Å²) in [5, 5.41) is 3.27. The quantitative estimate of drug-likeness (QED) is 0.239. The van der Waals surface area contributed by atoms with Crippen molar-refractivity contribution in [1.82, 2.24) is 19.4 Å². The number of carbonyl (C=O) groups excluding carboxylic acids is 2.